The molecule has 0 aromatic carbocycles. The summed E-state index contributed by atoms with van der Waals surface area (Å²) in [5.74, 6) is 0.558. The number of Topliss-reactive ketones (excluding diaryl/α,β-unsaturated/α-hetero) is 1. The van der Waals surface area contributed by atoms with Gasteiger partial charge in [0.2, 0.25) is 5.95 Å². The van der Waals surface area contributed by atoms with Crippen molar-refractivity contribution >= 4 is 34.7 Å². The number of aromatic nitrogens is 3. The minimum absolute atomic E-state index is 0.108. The normalized spacial score (nSPS) is 16.9. The van der Waals surface area contributed by atoms with Gasteiger partial charge in [-0.3, -0.25) is 19.1 Å². The van der Waals surface area contributed by atoms with Gasteiger partial charge in [0.25, 0.3) is 5.56 Å². The summed E-state index contributed by atoms with van der Waals surface area (Å²) in [5.41, 5.74) is 1.32. The number of thiophene rings is 1. The van der Waals surface area contributed by atoms with Gasteiger partial charge in [0.05, 0.1) is 14.9 Å². The van der Waals surface area contributed by atoms with Crippen LogP contribution in [0, 0.1) is 5.92 Å². The molecule has 0 bridgehead atoms. The molecule has 4 heterocycles. The number of halogens is 1. The van der Waals surface area contributed by atoms with Crippen LogP contribution in [0.1, 0.15) is 22.5 Å². The first kappa shape index (κ1) is 18.8. The molecule has 0 aliphatic carbocycles. The molecule has 0 N–H and O–H groups in total. The Kier molecular flexibility index (Phi) is 5.28. The molecule has 1 aliphatic rings. The molecule has 0 spiro atoms. The topological polar surface area (TPSA) is 68.1 Å². The molecular weight excluding hydrogens is 396 g/mol. The molecule has 3 aromatic rings. The second-order valence-electron chi connectivity index (χ2n) is 6.83. The van der Waals surface area contributed by atoms with Crippen molar-refractivity contribution in [1.29, 1.82) is 0 Å². The Morgan fingerprint density at radius 2 is 2.04 bits per heavy atom. The lowest BCUT2D eigenvalue weighted by atomic mass is 9.93. The van der Waals surface area contributed by atoms with Crippen LogP contribution in [0.2, 0.25) is 4.34 Å². The number of piperidine rings is 1. The van der Waals surface area contributed by atoms with Crippen molar-refractivity contribution in [1.82, 2.24) is 14.5 Å². The van der Waals surface area contributed by atoms with Gasteiger partial charge in [0, 0.05) is 50.1 Å². The van der Waals surface area contributed by atoms with E-state index < -0.39 is 0 Å². The first-order valence-electron chi connectivity index (χ1n) is 9.06. The number of rotatable bonds is 4. The highest BCUT2D eigenvalue weighted by molar-refractivity contribution is 7.18. The SMILES string of the molecule is Cn1c(N2CCCC(C(=O)c3ccc(Cl)s3)C2)nc(-c2ccncc2)cc1=O. The lowest BCUT2D eigenvalue weighted by molar-refractivity contribution is 0.0911. The van der Waals surface area contributed by atoms with Crippen molar-refractivity contribution in [2.24, 2.45) is 13.0 Å². The second kappa shape index (κ2) is 7.85. The molecule has 1 atom stereocenters. The third kappa shape index (κ3) is 3.72. The summed E-state index contributed by atoms with van der Waals surface area (Å²) in [5, 5.41) is 0. The molecular formula is C20H19ClN4O2S. The number of carbonyl (C=O) groups is 1. The van der Waals surface area contributed by atoms with E-state index in [1.807, 2.05) is 17.0 Å². The van der Waals surface area contributed by atoms with Crippen molar-refractivity contribution < 1.29 is 4.79 Å². The van der Waals surface area contributed by atoms with Gasteiger partial charge in [-0.05, 0) is 37.1 Å². The zero-order valence-electron chi connectivity index (χ0n) is 15.3. The lowest BCUT2D eigenvalue weighted by Crippen LogP contribution is -2.41. The Labute approximate surface area is 171 Å². The Bertz CT molecular complexity index is 1060. The van der Waals surface area contributed by atoms with E-state index in [-0.39, 0.29) is 17.3 Å². The van der Waals surface area contributed by atoms with Crippen LogP contribution in [0.15, 0.2) is 47.5 Å². The van der Waals surface area contributed by atoms with Crippen LogP contribution in [0.5, 0.6) is 0 Å². The second-order valence-corrected chi connectivity index (χ2v) is 8.54. The predicted octanol–water partition coefficient (Wildman–Crippen LogP) is 3.66. The largest absolute Gasteiger partial charge is 0.341 e. The standard InChI is InChI=1S/C20H19ClN4O2S/c1-24-18(26)11-15(13-6-8-22-9-7-13)23-20(24)25-10-2-3-14(12-25)19(27)16-4-5-17(21)28-16/h4-9,11,14H,2-3,10,12H2,1H3. The van der Waals surface area contributed by atoms with Crippen molar-refractivity contribution in [3.05, 3.63) is 62.3 Å². The average molecular weight is 415 g/mol. The Balaban J connectivity index is 1.64. The van der Waals surface area contributed by atoms with Crippen molar-refractivity contribution in [3.63, 3.8) is 0 Å². The number of pyridine rings is 1. The summed E-state index contributed by atoms with van der Waals surface area (Å²) in [4.78, 5) is 36.8. The van der Waals surface area contributed by atoms with Crippen LogP contribution in [0.3, 0.4) is 0 Å². The molecule has 0 saturated carbocycles. The van der Waals surface area contributed by atoms with Crippen LogP contribution in [-0.2, 0) is 7.05 Å². The number of anilines is 1. The minimum Gasteiger partial charge on any atom is -0.341 e. The highest BCUT2D eigenvalue weighted by Gasteiger charge is 2.29. The maximum Gasteiger partial charge on any atom is 0.255 e. The Morgan fingerprint density at radius 3 is 2.75 bits per heavy atom. The van der Waals surface area contributed by atoms with Crippen molar-refractivity contribution in [2.75, 3.05) is 18.0 Å². The summed E-state index contributed by atoms with van der Waals surface area (Å²) in [6, 6.07) is 8.72. The third-order valence-corrected chi connectivity index (χ3v) is 6.22. The molecule has 4 rings (SSSR count). The highest BCUT2D eigenvalue weighted by Crippen LogP contribution is 2.29. The van der Waals surface area contributed by atoms with E-state index >= 15 is 0 Å². The quantitative estimate of drug-likeness (QED) is 0.609. The molecule has 3 aromatic heterocycles. The molecule has 0 amide bonds. The molecule has 1 fully saturated rings. The molecule has 1 unspecified atom stereocenters. The zero-order valence-corrected chi connectivity index (χ0v) is 16.9. The summed E-state index contributed by atoms with van der Waals surface area (Å²) in [6.45, 7) is 1.30. The van der Waals surface area contributed by atoms with E-state index in [1.54, 1.807) is 36.1 Å². The fourth-order valence-corrected chi connectivity index (χ4v) is 4.56. The van der Waals surface area contributed by atoms with Gasteiger partial charge >= 0.3 is 0 Å². The van der Waals surface area contributed by atoms with Crippen LogP contribution < -0.4 is 10.5 Å². The van der Waals surface area contributed by atoms with Gasteiger partial charge in [-0.1, -0.05) is 11.6 Å². The average Bonchev–Trinajstić information content (AvgIpc) is 3.16. The van der Waals surface area contributed by atoms with E-state index in [1.165, 1.54) is 17.4 Å². The molecule has 1 saturated heterocycles. The molecule has 6 nitrogen and oxygen atoms in total. The Morgan fingerprint density at radius 1 is 1.25 bits per heavy atom. The van der Waals surface area contributed by atoms with Crippen LogP contribution >= 0.6 is 22.9 Å². The third-order valence-electron chi connectivity index (χ3n) is 4.98. The smallest absolute Gasteiger partial charge is 0.255 e. The van der Waals surface area contributed by atoms with Crippen molar-refractivity contribution in [2.45, 2.75) is 12.8 Å². The lowest BCUT2D eigenvalue weighted by Gasteiger charge is -2.33. The molecule has 28 heavy (non-hydrogen) atoms. The first-order valence-corrected chi connectivity index (χ1v) is 10.3. The predicted molar refractivity (Wildman–Crippen MR) is 111 cm³/mol. The number of ketones is 1. The molecule has 144 valence electrons. The van der Waals surface area contributed by atoms with E-state index in [0.29, 0.717) is 27.4 Å². The van der Waals surface area contributed by atoms with Gasteiger partial charge in [-0.2, -0.15) is 0 Å². The Hall–Kier alpha value is -2.51. The number of nitrogens with zero attached hydrogens (tertiary/aromatic N) is 4. The highest BCUT2D eigenvalue weighted by atomic mass is 35.5. The van der Waals surface area contributed by atoms with E-state index in [0.717, 1.165) is 24.9 Å². The van der Waals surface area contributed by atoms with Gasteiger partial charge in [-0.15, -0.1) is 11.3 Å². The van der Waals surface area contributed by atoms with Gasteiger partial charge < -0.3 is 4.90 Å². The first-order chi connectivity index (χ1) is 13.5. The fraction of sp³-hybridized carbons (Fsp3) is 0.300. The number of hydrogen-bond donors (Lipinski definition) is 0. The molecule has 8 heteroatoms. The number of hydrogen-bond acceptors (Lipinski definition) is 6. The van der Waals surface area contributed by atoms with E-state index in [4.69, 9.17) is 16.6 Å². The van der Waals surface area contributed by atoms with Crippen molar-refractivity contribution in [3.8, 4) is 11.3 Å². The maximum atomic E-state index is 12.9. The number of carbonyl (C=O) groups excluding carboxylic acids is 1. The molecule has 1 aliphatic heterocycles. The van der Waals surface area contributed by atoms with Crippen LogP contribution in [-0.4, -0.2) is 33.4 Å². The van der Waals surface area contributed by atoms with Crippen LogP contribution in [0.25, 0.3) is 11.3 Å². The summed E-state index contributed by atoms with van der Waals surface area (Å²) < 4.78 is 2.16. The molecule has 0 radical (unpaired) electrons. The zero-order chi connectivity index (χ0) is 19.7. The monoisotopic (exact) mass is 414 g/mol. The maximum absolute atomic E-state index is 12.9. The van der Waals surface area contributed by atoms with E-state index in [2.05, 4.69) is 4.98 Å². The van der Waals surface area contributed by atoms with Gasteiger partial charge in [0.15, 0.2) is 5.78 Å². The van der Waals surface area contributed by atoms with E-state index in [9.17, 15) is 9.59 Å². The summed E-state index contributed by atoms with van der Waals surface area (Å²) >= 11 is 7.30. The fourth-order valence-electron chi connectivity index (χ4n) is 3.50. The van der Waals surface area contributed by atoms with Crippen LogP contribution in [0.4, 0.5) is 5.95 Å². The van der Waals surface area contributed by atoms with Gasteiger partial charge in [0.1, 0.15) is 0 Å². The summed E-state index contributed by atoms with van der Waals surface area (Å²) in [6.07, 6.45) is 5.04. The summed E-state index contributed by atoms with van der Waals surface area (Å²) in [7, 11) is 1.71. The minimum atomic E-state index is -0.134. The van der Waals surface area contributed by atoms with Gasteiger partial charge in [-0.25, -0.2) is 4.98 Å².